The van der Waals surface area contributed by atoms with Crippen LogP contribution in [-0.2, 0) is 17.6 Å². The van der Waals surface area contributed by atoms with Gasteiger partial charge >= 0.3 is 0 Å². The van der Waals surface area contributed by atoms with Gasteiger partial charge < -0.3 is 9.64 Å². The minimum atomic E-state index is 0.609. The number of methoxy groups -OCH3 is 1. The molecule has 106 valence electrons. The summed E-state index contributed by atoms with van der Waals surface area (Å²) in [5, 5.41) is 9.39. The average molecular weight is 271 g/mol. The van der Waals surface area contributed by atoms with Crippen molar-refractivity contribution in [1.29, 1.82) is 5.26 Å². The number of nitriles is 1. The number of rotatable bonds is 6. The summed E-state index contributed by atoms with van der Waals surface area (Å²) in [7, 11) is 1.68. The van der Waals surface area contributed by atoms with Crippen molar-refractivity contribution >= 4 is 5.82 Å². The third kappa shape index (κ3) is 3.17. The lowest BCUT2D eigenvalue weighted by Crippen LogP contribution is -2.29. The van der Waals surface area contributed by atoms with Gasteiger partial charge in [-0.25, -0.2) is 4.98 Å². The van der Waals surface area contributed by atoms with Crippen molar-refractivity contribution < 1.29 is 4.74 Å². The van der Waals surface area contributed by atoms with Crippen LogP contribution in [0.2, 0.25) is 0 Å². The van der Waals surface area contributed by atoms with E-state index in [0.29, 0.717) is 25.3 Å². The topological polar surface area (TPSA) is 49.1 Å². The van der Waals surface area contributed by atoms with Gasteiger partial charge in [0.15, 0.2) is 0 Å². The molecule has 0 saturated carbocycles. The SMILES string of the molecule is C=CCN(CCOC)c1nc2c(cc1C#N)CCCC2. The molecule has 0 bridgehead atoms. The van der Waals surface area contributed by atoms with E-state index in [9.17, 15) is 5.26 Å². The molecule has 20 heavy (non-hydrogen) atoms. The van der Waals surface area contributed by atoms with Crippen molar-refractivity contribution in [2.75, 3.05) is 31.7 Å². The van der Waals surface area contributed by atoms with Crippen molar-refractivity contribution in [2.45, 2.75) is 25.7 Å². The Morgan fingerprint density at radius 1 is 1.50 bits per heavy atom. The Labute approximate surface area is 120 Å². The van der Waals surface area contributed by atoms with Crippen LogP contribution in [0.15, 0.2) is 18.7 Å². The zero-order valence-corrected chi connectivity index (χ0v) is 12.1. The van der Waals surface area contributed by atoms with Crippen LogP contribution in [0.1, 0.15) is 29.7 Å². The maximum Gasteiger partial charge on any atom is 0.147 e. The fourth-order valence-corrected chi connectivity index (χ4v) is 2.59. The van der Waals surface area contributed by atoms with Crippen LogP contribution in [0, 0.1) is 11.3 Å². The molecule has 1 aliphatic rings. The van der Waals surface area contributed by atoms with Gasteiger partial charge in [0, 0.05) is 25.9 Å². The van der Waals surface area contributed by atoms with Crippen LogP contribution >= 0.6 is 0 Å². The number of ether oxygens (including phenoxy) is 1. The number of aryl methyl sites for hydroxylation is 2. The summed E-state index contributed by atoms with van der Waals surface area (Å²) in [5.41, 5.74) is 3.04. The zero-order chi connectivity index (χ0) is 14.4. The van der Waals surface area contributed by atoms with Gasteiger partial charge in [-0.3, -0.25) is 0 Å². The highest BCUT2D eigenvalue weighted by atomic mass is 16.5. The summed E-state index contributed by atoms with van der Waals surface area (Å²) < 4.78 is 5.14. The lowest BCUT2D eigenvalue weighted by molar-refractivity contribution is 0.205. The van der Waals surface area contributed by atoms with Crippen LogP contribution in [0.25, 0.3) is 0 Å². The third-order valence-corrected chi connectivity index (χ3v) is 3.62. The molecule has 0 N–H and O–H groups in total. The molecule has 0 amide bonds. The molecule has 0 unspecified atom stereocenters. The van der Waals surface area contributed by atoms with Crippen LogP contribution in [-0.4, -0.2) is 31.8 Å². The minimum Gasteiger partial charge on any atom is -0.383 e. The van der Waals surface area contributed by atoms with E-state index in [4.69, 9.17) is 9.72 Å². The van der Waals surface area contributed by atoms with E-state index in [1.807, 2.05) is 12.1 Å². The van der Waals surface area contributed by atoms with Gasteiger partial charge in [-0.2, -0.15) is 5.26 Å². The highest BCUT2D eigenvalue weighted by Gasteiger charge is 2.18. The number of nitrogens with zero attached hydrogens (tertiary/aromatic N) is 3. The predicted molar refractivity (Wildman–Crippen MR) is 79.9 cm³/mol. The Bertz CT molecular complexity index is 519. The first kappa shape index (κ1) is 14.5. The summed E-state index contributed by atoms with van der Waals surface area (Å²) in [4.78, 5) is 6.82. The van der Waals surface area contributed by atoms with Crippen LogP contribution < -0.4 is 4.90 Å². The lowest BCUT2D eigenvalue weighted by Gasteiger charge is -2.25. The standard InChI is InChI=1S/C16H21N3O/c1-3-8-19(9-10-20-2)16-14(12-17)11-13-6-4-5-7-15(13)18-16/h3,11H,1,4-10H2,2H3. The summed E-state index contributed by atoms with van der Waals surface area (Å²) in [5.74, 6) is 0.769. The van der Waals surface area contributed by atoms with Gasteiger partial charge in [-0.05, 0) is 37.3 Å². The number of fused-ring (bicyclic) bond motifs is 1. The highest BCUT2D eigenvalue weighted by Crippen LogP contribution is 2.26. The van der Waals surface area contributed by atoms with E-state index < -0.39 is 0 Å². The molecule has 4 nitrogen and oxygen atoms in total. The minimum absolute atomic E-state index is 0.609. The summed E-state index contributed by atoms with van der Waals surface area (Å²) in [6, 6.07) is 4.30. The van der Waals surface area contributed by atoms with Crippen molar-refractivity contribution in [3.63, 3.8) is 0 Å². The van der Waals surface area contributed by atoms with Gasteiger partial charge in [0.1, 0.15) is 11.9 Å². The van der Waals surface area contributed by atoms with Gasteiger partial charge in [-0.1, -0.05) is 6.08 Å². The normalized spacial score (nSPS) is 13.4. The molecule has 0 aromatic carbocycles. The molecule has 1 aromatic rings. The monoisotopic (exact) mass is 271 g/mol. The van der Waals surface area contributed by atoms with Gasteiger partial charge in [0.2, 0.25) is 0 Å². The molecule has 0 saturated heterocycles. The second kappa shape index (κ2) is 7.06. The van der Waals surface area contributed by atoms with Crippen molar-refractivity contribution in [3.8, 4) is 6.07 Å². The van der Waals surface area contributed by atoms with E-state index in [1.54, 1.807) is 7.11 Å². The number of pyridine rings is 1. The molecule has 0 aliphatic heterocycles. The predicted octanol–water partition coefficient (Wildman–Crippen LogP) is 2.47. The lowest BCUT2D eigenvalue weighted by atomic mass is 9.95. The molecule has 4 heteroatoms. The molecule has 0 atom stereocenters. The summed E-state index contributed by atoms with van der Waals surface area (Å²) in [6.45, 7) is 5.77. The number of hydrogen-bond donors (Lipinski definition) is 0. The summed E-state index contributed by atoms with van der Waals surface area (Å²) >= 11 is 0. The second-order valence-electron chi connectivity index (χ2n) is 5.01. The molecule has 1 heterocycles. The van der Waals surface area contributed by atoms with E-state index in [2.05, 4.69) is 17.5 Å². The number of anilines is 1. The van der Waals surface area contributed by atoms with Crippen molar-refractivity contribution in [2.24, 2.45) is 0 Å². The van der Waals surface area contributed by atoms with Crippen molar-refractivity contribution in [3.05, 3.63) is 35.5 Å². The molecule has 0 fully saturated rings. The Kier molecular flexibility index (Phi) is 5.14. The Balaban J connectivity index is 2.36. The van der Waals surface area contributed by atoms with E-state index in [-0.39, 0.29) is 0 Å². The fourth-order valence-electron chi connectivity index (χ4n) is 2.59. The van der Waals surface area contributed by atoms with E-state index in [1.165, 1.54) is 18.4 Å². The third-order valence-electron chi connectivity index (χ3n) is 3.62. The Morgan fingerprint density at radius 3 is 3.00 bits per heavy atom. The molecule has 0 radical (unpaired) electrons. The van der Waals surface area contributed by atoms with Crippen molar-refractivity contribution in [1.82, 2.24) is 4.98 Å². The maximum atomic E-state index is 9.39. The maximum absolute atomic E-state index is 9.39. The second-order valence-corrected chi connectivity index (χ2v) is 5.01. The largest absolute Gasteiger partial charge is 0.383 e. The molecule has 1 aliphatic carbocycles. The van der Waals surface area contributed by atoms with Crippen LogP contribution in [0.4, 0.5) is 5.82 Å². The number of aromatic nitrogens is 1. The van der Waals surface area contributed by atoms with Crippen LogP contribution in [0.5, 0.6) is 0 Å². The zero-order valence-electron chi connectivity index (χ0n) is 12.1. The van der Waals surface area contributed by atoms with E-state index >= 15 is 0 Å². The summed E-state index contributed by atoms with van der Waals surface area (Å²) in [6.07, 6.45) is 6.26. The van der Waals surface area contributed by atoms with E-state index in [0.717, 1.165) is 24.4 Å². The number of hydrogen-bond acceptors (Lipinski definition) is 4. The molecule has 1 aromatic heterocycles. The first-order chi connectivity index (χ1) is 9.80. The average Bonchev–Trinajstić information content (AvgIpc) is 2.50. The van der Waals surface area contributed by atoms with Gasteiger partial charge in [-0.15, -0.1) is 6.58 Å². The molecular formula is C16H21N3O. The van der Waals surface area contributed by atoms with Crippen LogP contribution in [0.3, 0.4) is 0 Å². The Morgan fingerprint density at radius 2 is 2.30 bits per heavy atom. The fraction of sp³-hybridized carbons (Fsp3) is 0.500. The molecular weight excluding hydrogens is 250 g/mol. The first-order valence-electron chi connectivity index (χ1n) is 7.07. The first-order valence-corrected chi connectivity index (χ1v) is 7.07. The smallest absolute Gasteiger partial charge is 0.147 e. The quantitative estimate of drug-likeness (QED) is 0.746. The highest BCUT2D eigenvalue weighted by molar-refractivity contribution is 5.56. The Hall–Kier alpha value is -1.86. The molecule has 0 spiro atoms. The van der Waals surface area contributed by atoms with Gasteiger partial charge in [0.25, 0.3) is 0 Å². The van der Waals surface area contributed by atoms with Gasteiger partial charge in [0.05, 0.1) is 12.2 Å². The molecule has 2 rings (SSSR count).